The molecule has 4 heterocycles. The lowest BCUT2D eigenvalue weighted by molar-refractivity contribution is 0.522. The van der Waals surface area contributed by atoms with Gasteiger partial charge in [-0.2, -0.15) is 5.10 Å². The predicted molar refractivity (Wildman–Crippen MR) is 139 cm³/mol. The topological polar surface area (TPSA) is 89.4 Å². The quantitative estimate of drug-likeness (QED) is 0.410. The molecule has 34 heavy (non-hydrogen) atoms. The number of hydrogen-bond donors (Lipinski definition) is 1. The number of thiophene rings is 1. The Morgan fingerprint density at radius 2 is 2.12 bits per heavy atom. The number of halogens is 2. The van der Waals surface area contributed by atoms with E-state index >= 15 is 4.39 Å². The number of pyridine rings is 1. The van der Waals surface area contributed by atoms with Gasteiger partial charge in [0.2, 0.25) is 5.96 Å². The lowest BCUT2D eigenvalue weighted by Crippen LogP contribution is -2.50. The Balaban J connectivity index is 1.65. The third kappa shape index (κ3) is 3.57. The van der Waals surface area contributed by atoms with Crippen LogP contribution in [0, 0.1) is 12.7 Å². The van der Waals surface area contributed by atoms with Crippen molar-refractivity contribution < 1.29 is 8.60 Å². The highest BCUT2D eigenvalue weighted by molar-refractivity contribution is 7.98. The Morgan fingerprint density at radius 1 is 1.35 bits per heavy atom. The maximum Gasteiger partial charge on any atom is 0.203 e. The number of guanidine groups is 1. The van der Waals surface area contributed by atoms with E-state index in [2.05, 4.69) is 20.9 Å². The number of aromatic nitrogens is 3. The van der Waals surface area contributed by atoms with Gasteiger partial charge in [-0.05, 0) is 43.5 Å². The largest absolute Gasteiger partial charge is 0.369 e. The zero-order valence-corrected chi connectivity index (χ0v) is 21.1. The van der Waals surface area contributed by atoms with Crippen LogP contribution in [0.3, 0.4) is 0 Å². The average molecular weight is 517 g/mol. The molecule has 11 heteroatoms. The fourth-order valence-electron chi connectivity index (χ4n) is 4.10. The fourth-order valence-corrected chi connectivity index (χ4v) is 7.67. The first-order valence-electron chi connectivity index (χ1n) is 10.3. The molecule has 0 radical (unpaired) electrons. The molecule has 1 aromatic carbocycles. The predicted octanol–water partition coefficient (Wildman–Crippen LogP) is 4.36. The van der Waals surface area contributed by atoms with Gasteiger partial charge in [-0.3, -0.25) is 9.29 Å². The summed E-state index contributed by atoms with van der Waals surface area (Å²) in [5.74, 6) is 3.72. The van der Waals surface area contributed by atoms with E-state index in [4.69, 9.17) is 17.3 Å². The molecule has 0 amide bonds. The molecular formula is C23H22ClFN6OS2. The molecule has 0 saturated carbocycles. The van der Waals surface area contributed by atoms with Crippen molar-refractivity contribution in [2.75, 3.05) is 12.8 Å². The van der Waals surface area contributed by atoms with Crippen LogP contribution < -0.4 is 5.73 Å². The summed E-state index contributed by atoms with van der Waals surface area (Å²) >= 11 is 8.16. The molecular weight excluding hydrogens is 495 g/mol. The molecule has 3 aromatic heterocycles. The summed E-state index contributed by atoms with van der Waals surface area (Å²) in [5.41, 5.74) is 7.54. The number of nitrogens with zero attached hydrogens (tertiary/aromatic N) is 5. The van der Waals surface area contributed by atoms with Gasteiger partial charge in [0.05, 0.1) is 47.6 Å². The van der Waals surface area contributed by atoms with Crippen molar-refractivity contribution in [3.63, 3.8) is 0 Å². The standard InChI is InChI=1S/C23H22ClFN6OS2/c1-13-10-28-31(11-13)14-5-6-15(17(25)9-14)19-20-16(7-8-27-19)18(24)21(33-20)23(2)12-34(4,32)30(3)22(26)29-23/h5-11H,4,12H2,1-3H3,(H2,26,29)/t23-,34?/m0/s1. The Kier molecular flexibility index (Phi) is 5.23. The van der Waals surface area contributed by atoms with Crippen LogP contribution in [-0.2, 0) is 15.2 Å². The van der Waals surface area contributed by atoms with E-state index in [1.807, 2.05) is 20.0 Å². The minimum atomic E-state index is -2.68. The number of aliphatic imine (C=N–C) groups is 1. The maximum atomic E-state index is 15.3. The molecule has 0 saturated heterocycles. The maximum absolute atomic E-state index is 15.3. The van der Waals surface area contributed by atoms with Crippen molar-refractivity contribution in [1.82, 2.24) is 19.1 Å². The van der Waals surface area contributed by atoms with Crippen molar-refractivity contribution >= 4 is 54.6 Å². The van der Waals surface area contributed by atoms with Crippen LogP contribution in [0.4, 0.5) is 4.39 Å². The monoisotopic (exact) mass is 516 g/mol. The van der Waals surface area contributed by atoms with E-state index in [9.17, 15) is 4.21 Å². The smallest absolute Gasteiger partial charge is 0.203 e. The summed E-state index contributed by atoms with van der Waals surface area (Å²) in [4.78, 5) is 9.77. The molecule has 1 aliphatic heterocycles. The van der Waals surface area contributed by atoms with Crippen molar-refractivity contribution in [3.8, 4) is 16.9 Å². The molecule has 176 valence electrons. The van der Waals surface area contributed by atoms with Crippen LogP contribution in [0.25, 0.3) is 27.0 Å². The van der Waals surface area contributed by atoms with Gasteiger partial charge in [-0.25, -0.2) is 18.3 Å². The third-order valence-electron chi connectivity index (χ3n) is 5.91. The SMILES string of the molecule is C=S1(=O)C[C@@](C)(c2sc3c(-c4ccc(-n5cc(C)cn5)cc4F)nccc3c2Cl)N=C(N)N1C. The number of rotatable bonds is 3. The minimum Gasteiger partial charge on any atom is -0.369 e. The van der Waals surface area contributed by atoms with Gasteiger partial charge in [-0.15, -0.1) is 11.3 Å². The second-order valence-corrected chi connectivity index (χ2v) is 12.3. The second-order valence-electron chi connectivity index (χ2n) is 8.57. The van der Waals surface area contributed by atoms with Crippen molar-refractivity contribution in [3.05, 3.63) is 64.1 Å². The van der Waals surface area contributed by atoms with Gasteiger partial charge in [-0.1, -0.05) is 11.6 Å². The number of aryl methyl sites for hydroxylation is 1. The zero-order chi connectivity index (χ0) is 24.4. The van der Waals surface area contributed by atoms with Gasteiger partial charge in [0.25, 0.3) is 0 Å². The Hall–Kier alpha value is -2.95. The summed E-state index contributed by atoms with van der Waals surface area (Å²) < 4.78 is 32.1. The highest BCUT2D eigenvalue weighted by atomic mass is 35.5. The van der Waals surface area contributed by atoms with Crippen molar-refractivity contribution in [2.24, 2.45) is 10.7 Å². The Morgan fingerprint density at radius 3 is 2.76 bits per heavy atom. The van der Waals surface area contributed by atoms with Gasteiger partial charge < -0.3 is 5.73 Å². The van der Waals surface area contributed by atoms with Crippen molar-refractivity contribution in [1.29, 1.82) is 0 Å². The van der Waals surface area contributed by atoms with Crippen molar-refractivity contribution in [2.45, 2.75) is 19.4 Å². The molecule has 5 rings (SSSR count). The molecule has 0 aliphatic carbocycles. The molecule has 4 aromatic rings. The number of benzene rings is 1. The molecule has 2 atom stereocenters. The van der Waals surface area contributed by atoms with Gasteiger partial charge >= 0.3 is 0 Å². The molecule has 0 fully saturated rings. The van der Waals surface area contributed by atoms with Gasteiger partial charge in [0, 0.05) is 36.5 Å². The van der Waals surface area contributed by atoms with Crippen LogP contribution in [0.2, 0.25) is 5.02 Å². The molecule has 0 spiro atoms. The van der Waals surface area contributed by atoms with E-state index in [-0.39, 0.29) is 11.7 Å². The lowest BCUT2D eigenvalue weighted by atomic mass is 10.0. The van der Waals surface area contributed by atoms with Gasteiger partial charge in [0.15, 0.2) is 0 Å². The van der Waals surface area contributed by atoms with Crippen LogP contribution in [-0.4, -0.2) is 47.9 Å². The van der Waals surface area contributed by atoms with Crippen LogP contribution in [0.5, 0.6) is 0 Å². The summed E-state index contributed by atoms with van der Waals surface area (Å²) in [6.07, 6.45) is 5.14. The van der Waals surface area contributed by atoms with E-state index in [0.29, 0.717) is 31.5 Å². The molecule has 0 bridgehead atoms. The minimum absolute atomic E-state index is 0.135. The first-order valence-corrected chi connectivity index (χ1v) is 13.4. The first-order chi connectivity index (χ1) is 16.0. The number of fused-ring (bicyclic) bond motifs is 1. The third-order valence-corrected chi connectivity index (χ3v) is 10.1. The summed E-state index contributed by atoms with van der Waals surface area (Å²) in [5, 5.41) is 5.43. The van der Waals surface area contributed by atoms with Crippen LogP contribution in [0.15, 0.2) is 47.8 Å². The summed E-state index contributed by atoms with van der Waals surface area (Å²) in [7, 11) is -1.07. The van der Waals surface area contributed by atoms with E-state index in [1.54, 1.807) is 42.3 Å². The number of nitrogens with two attached hydrogens (primary N) is 1. The Labute approximate surface area is 205 Å². The van der Waals surface area contributed by atoms with E-state index < -0.39 is 21.1 Å². The molecule has 1 aliphatic rings. The van der Waals surface area contributed by atoms with Gasteiger partial charge in [0.1, 0.15) is 11.4 Å². The summed E-state index contributed by atoms with van der Waals surface area (Å²) in [6, 6.07) is 6.70. The first kappa shape index (κ1) is 22.8. The Bertz CT molecular complexity index is 1590. The van der Waals surface area contributed by atoms with E-state index in [0.717, 1.165) is 10.9 Å². The fraction of sp³-hybridized carbons (Fsp3) is 0.217. The second kappa shape index (κ2) is 7.79. The van der Waals surface area contributed by atoms with E-state index in [1.165, 1.54) is 21.7 Å². The lowest BCUT2D eigenvalue weighted by Gasteiger charge is -2.36. The summed E-state index contributed by atoms with van der Waals surface area (Å²) in [6.45, 7) is 3.76. The molecule has 1 unspecified atom stereocenters. The number of hydrogen-bond acceptors (Lipinski definition) is 6. The molecule has 7 nitrogen and oxygen atoms in total. The normalized spacial score (nSPS) is 22.9. The highest BCUT2D eigenvalue weighted by Gasteiger charge is 2.40. The zero-order valence-electron chi connectivity index (χ0n) is 18.7. The van der Waals surface area contributed by atoms with Crippen LogP contribution >= 0.6 is 22.9 Å². The van der Waals surface area contributed by atoms with Crippen LogP contribution in [0.1, 0.15) is 17.4 Å². The average Bonchev–Trinajstić information content (AvgIpc) is 3.36. The molecule has 2 N–H and O–H groups in total. The highest BCUT2D eigenvalue weighted by Crippen LogP contribution is 2.47.